The highest BCUT2D eigenvalue weighted by molar-refractivity contribution is 5.90. The van der Waals surface area contributed by atoms with E-state index in [0.29, 0.717) is 27.7 Å². The van der Waals surface area contributed by atoms with Crippen molar-refractivity contribution in [2.45, 2.75) is 25.6 Å². The lowest BCUT2D eigenvalue weighted by molar-refractivity contribution is -0.137. The van der Waals surface area contributed by atoms with E-state index in [1.165, 1.54) is 23.1 Å². The second kappa shape index (κ2) is 7.11. The van der Waals surface area contributed by atoms with Crippen molar-refractivity contribution in [3.63, 3.8) is 0 Å². The van der Waals surface area contributed by atoms with Crippen molar-refractivity contribution in [3.05, 3.63) is 59.0 Å². The summed E-state index contributed by atoms with van der Waals surface area (Å²) in [6.45, 7) is -0.339. The van der Waals surface area contributed by atoms with Crippen LogP contribution in [0.4, 0.5) is 13.2 Å². The lowest BCUT2D eigenvalue weighted by Gasteiger charge is -2.07. The summed E-state index contributed by atoms with van der Waals surface area (Å²) in [5.74, 6) is 1.37. The average molecular weight is 373 g/mol. The van der Waals surface area contributed by atoms with Gasteiger partial charge in [0.25, 0.3) is 0 Å². The molecule has 3 aromatic rings. The molecule has 0 aliphatic heterocycles. The Morgan fingerprint density at radius 3 is 2.74 bits per heavy atom. The Hall–Kier alpha value is -3.34. The van der Waals surface area contributed by atoms with E-state index >= 15 is 0 Å². The molecule has 0 fully saturated rings. The number of carboxylic acid groups (broad SMARTS) is 1. The van der Waals surface area contributed by atoms with Gasteiger partial charge in [-0.3, -0.25) is 9.67 Å². The van der Waals surface area contributed by atoms with Crippen LogP contribution in [0.3, 0.4) is 0 Å². The number of hydrogen-bond acceptors (Lipinski definition) is 3. The van der Waals surface area contributed by atoms with Gasteiger partial charge >= 0.3 is 12.1 Å². The van der Waals surface area contributed by atoms with Gasteiger partial charge in [0.1, 0.15) is 0 Å². The van der Waals surface area contributed by atoms with E-state index in [1.807, 2.05) is 0 Å². The first-order valence-corrected chi connectivity index (χ1v) is 7.97. The molecule has 1 N–H and O–H groups in total. The molecule has 0 aliphatic rings. The standard InChI is InChI=1S/C19H14F3N3O2/c1-2-12-3-4-17-15(9-12)16(24-25(17)8-6-19(20,21)22)10-13-11-23-7-5-14(13)18(26)27/h1,3-5,7,9,11H,6,8,10H2,(H,26,27). The number of carbonyl (C=O) groups is 1. The first-order chi connectivity index (χ1) is 12.8. The van der Waals surface area contributed by atoms with Gasteiger partial charge in [-0.15, -0.1) is 6.42 Å². The molecule has 0 atom stereocenters. The number of alkyl halides is 3. The van der Waals surface area contributed by atoms with E-state index < -0.39 is 18.6 Å². The van der Waals surface area contributed by atoms with Crippen LogP contribution in [0.1, 0.15) is 33.6 Å². The second-order valence-electron chi connectivity index (χ2n) is 5.93. The van der Waals surface area contributed by atoms with Crippen LogP contribution < -0.4 is 0 Å². The lowest BCUT2D eigenvalue weighted by atomic mass is 10.0. The molecule has 5 nitrogen and oxygen atoms in total. The molecule has 0 spiro atoms. The maximum atomic E-state index is 12.6. The highest BCUT2D eigenvalue weighted by atomic mass is 19.4. The first-order valence-electron chi connectivity index (χ1n) is 7.97. The van der Waals surface area contributed by atoms with Crippen LogP contribution in [0.2, 0.25) is 0 Å². The number of aromatic nitrogens is 3. The molecule has 0 unspecified atom stereocenters. The van der Waals surface area contributed by atoms with Crippen molar-refractivity contribution >= 4 is 16.9 Å². The Morgan fingerprint density at radius 1 is 1.30 bits per heavy atom. The number of carboxylic acids is 1. The molecule has 0 radical (unpaired) electrons. The number of hydrogen-bond donors (Lipinski definition) is 1. The molecule has 0 saturated heterocycles. The fraction of sp³-hybridized carbons (Fsp3) is 0.211. The van der Waals surface area contributed by atoms with Gasteiger partial charge in [0, 0.05) is 29.8 Å². The number of aromatic carboxylic acids is 1. The fourth-order valence-corrected chi connectivity index (χ4v) is 2.83. The molecule has 8 heteroatoms. The predicted molar refractivity (Wildman–Crippen MR) is 92.3 cm³/mol. The summed E-state index contributed by atoms with van der Waals surface area (Å²) in [6, 6.07) is 6.29. The number of fused-ring (bicyclic) bond motifs is 1. The smallest absolute Gasteiger partial charge is 0.390 e. The normalized spacial score (nSPS) is 11.5. The Labute approximate surface area is 152 Å². The van der Waals surface area contributed by atoms with Crippen molar-refractivity contribution in [1.82, 2.24) is 14.8 Å². The van der Waals surface area contributed by atoms with Crippen LogP contribution in [0, 0.1) is 12.3 Å². The van der Waals surface area contributed by atoms with Gasteiger partial charge in [-0.25, -0.2) is 4.79 Å². The maximum absolute atomic E-state index is 12.6. The van der Waals surface area contributed by atoms with Crippen molar-refractivity contribution in [2.24, 2.45) is 0 Å². The van der Waals surface area contributed by atoms with Gasteiger partial charge < -0.3 is 5.11 Å². The second-order valence-corrected chi connectivity index (χ2v) is 5.93. The first kappa shape index (κ1) is 18.5. The molecule has 27 heavy (non-hydrogen) atoms. The molecule has 138 valence electrons. The number of pyridine rings is 1. The van der Waals surface area contributed by atoms with E-state index in [9.17, 15) is 23.1 Å². The number of aryl methyl sites for hydroxylation is 1. The van der Waals surface area contributed by atoms with Crippen LogP contribution >= 0.6 is 0 Å². The Bertz CT molecular complexity index is 1050. The third kappa shape index (κ3) is 4.08. The summed E-state index contributed by atoms with van der Waals surface area (Å²) in [5.41, 5.74) is 1.99. The zero-order valence-corrected chi connectivity index (χ0v) is 14.0. The molecule has 0 saturated carbocycles. The summed E-state index contributed by atoms with van der Waals surface area (Å²) < 4.78 is 39.1. The van der Waals surface area contributed by atoms with E-state index in [4.69, 9.17) is 6.42 Å². The van der Waals surface area contributed by atoms with E-state index in [-0.39, 0.29) is 18.5 Å². The summed E-state index contributed by atoms with van der Waals surface area (Å²) in [7, 11) is 0. The molecule has 3 rings (SSSR count). The number of terminal acetylenes is 1. The number of nitrogens with zero attached hydrogens (tertiary/aromatic N) is 3. The van der Waals surface area contributed by atoms with Gasteiger partial charge in [-0.05, 0) is 29.8 Å². The van der Waals surface area contributed by atoms with Crippen molar-refractivity contribution in [1.29, 1.82) is 0 Å². The fourth-order valence-electron chi connectivity index (χ4n) is 2.83. The highest BCUT2D eigenvalue weighted by Gasteiger charge is 2.27. The molecular weight excluding hydrogens is 359 g/mol. The topological polar surface area (TPSA) is 68.0 Å². The van der Waals surface area contributed by atoms with E-state index in [0.717, 1.165) is 0 Å². The van der Waals surface area contributed by atoms with Crippen molar-refractivity contribution < 1.29 is 23.1 Å². The number of benzene rings is 1. The van der Waals surface area contributed by atoms with Crippen LogP contribution in [0.25, 0.3) is 10.9 Å². The molecule has 0 amide bonds. The molecule has 2 aromatic heterocycles. The van der Waals surface area contributed by atoms with Gasteiger partial charge in [0.05, 0.1) is 29.7 Å². The maximum Gasteiger partial charge on any atom is 0.390 e. The van der Waals surface area contributed by atoms with E-state index in [1.54, 1.807) is 18.2 Å². The minimum Gasteiger partial charge on any atom is -0.478 e. The minimum absolute atomic E-state index is 0.0658. The molecule has 0 bridgehead atoms. The van der Waals surface area contributed by atoms with Gasteiger partial charge in [-0.2, -0.15) is 18.3 Å². The summed E-state index contributed by atoms with van der Waals surface area (Å²) in [6.07, 6.45) is 2.97. The lowest BCUT2D eigenvalue weighted by Crippen LogP contribution is -2.13. The zero-order valence-electron chi connectivity index (χ0n) is 14.0. The Balaban J connectivity index is 2.07. The Kier molecular flexibility index (Phi) is 4.86. The SMILES string of the molecule is C#Cc1ccc2c(c1)c(Cc1cnccc1C(=O)O)nn2CCC(F)(F)F. The van der Waals surface area contributed by atoms with Gasteiger partial charge in [0.2, 0.25) is 0 Å². The van der Waals surface area contributed by atoms with Gasteiger partial charge in [-0.1, -0.05) is 5.92 Å². The van der Waals surface area contributed by atoms with Crippen LogP contribution in [-0.4, -0.2) is 32.0 Å². The minimum atomic E-state index is -4.31. The summed E-state index contributed by atoms with van der Waals surface area (Å²) >= 11 is 0. The van der Waals surface area contributed by atoms with Gasteiger partial charge in [0.15, 0.2) is 0 Å². The molecule has 0 aliphatic carbocycles. The largest absolute Gasteiger partial charge is 0.478 e. The highest BCUT2D eigenvalue weighted by Crippen LogP contribution is 2.26. The monoisotopic (exact) mass is 373 g/mol. The average Bonchev–Trinajstić information content (AvgIpc) is 2.96. The summed E-state index contributed by atoms with van der Waals surface area (Å²) in [5, 5.41) is 14.2. The van der Waals surface area contributed by atoms with Crippen LogP contribution in [-0.2, 0) is 13.0 Å². The van der Waals surface area contributed by atoms with Crippen LogP contribution in [0.5, 0.6) is 0 Å². The molecule has 1 aromatic carbocycles. The third-order valence-electron chi connectivity index (χ3n) is 4.09. The quantitative estimate of drug-likeness (QED) is 0.693. The van der Waals surface area contributed by atoms with Crippen molar-refractivity contribution in [3.8, 4) is 12.3 Å². The van der Waals surface area contributed by atoms with Crippen LogP contribution in [0.15, 0.2) is 36.7 Å². The van der Waals surface area contributed by atoms with E-state index in [2.05, 4.69) is 16.0 Å². The van der Waals surface area contributed by atoms with Crippen molar-refractivity contribution in [2.75, 3.05) is 0 Å². The Morgan fingerprint density at radius 2 is 2.07 bits per heavy atom. The number of halogens is 3. The molecular formula is C19H14F3N3O2. The molecule has 2 heterocycles. The zero-order chi connectivity index (χ0) is 19.6. The summed E-state index contributed by atoms with van der Waals surface area (Å²) in [4.78, 5) is 15.3. The number of rotatable bonds is 5. The third-order valence-corrected chi connectivity index (χ3v) is 4.09. The predicted octanol–water partition coefficient (Wildman–Crippen LogP) is 3.65.